The first-order valence-electron chi connectivity index (χ1n) is 5.83. The topological polar surface area (TPSA) is 34.4 Å². The zero-order valence-electron chi connectivity index (χ0n) is 9.93. The molecule has 1 aromatic carbocycles. The van der Waals surface area contributed by atoms with Gasteiger partial charge in [0.2, 0.25) is 0 Å². The Kier molecular flexibility index (Phi) is 4.22. The molecule has 1 atom stereocenters. The molecule has 3 nitrogen and oxygen atoms in total. The highest BCUT2D eigenvalue weighted by Crippen LogP contribution is 2.16. The molecule has 0 spiro atoms. The van der Waals surface area contributed by atoms with Crippen LogP contribution in [0, 0.1) is 0 Å². The zero-order chi connectivity index (χ0) is 11.9. The van der Waals surface area contributed by atoms with E-state index in [2.05, 4.69) is 12.2 Å². The second-order valence-electron chi connectivity index (χ2n) is 3.79. The number of likely N-dealkylation sites (N-methyl/N-ethyl adjacent to an activating group) is 1. The van der Waals surface area contributed by atoms with Crippen molar-refractivity contribution in [2.45, 2.75) is 13.0 Å². The molecule has 2 rings (SSSR count). The van der Waals surface area contributed by atoms with Gasteiger partial charge in [-0.1, -0.05) is 25.1 Å². The molecule has 90 valence electrons. The molecule has 0 saturated carbocycles. The Balaban J connectivity index is 1.95. The summed E-state index contributed by atoms with van der Waals surface area (Å²) in [7, 11) is 0. The predicted molar refractivity (Wildman–Crippen MR) is 67.1 cm³/mol. The Morgan fingerprint density at radius 1 is 1.24 bits per heavy atom. The summed E-state index contributed by atoms with van der Waals surface area (Å²) in [6.45, 7) is 3.57. The van der Waals surface area contributed by atoms with E-state index in [1.54, 1.807) is 12.5 Å². The van der Waals surface area contributed by atoms with Gasteiger partial charge in [0.1, 0.15) is 12.4 Å². The van der Waals surface area contributed by atoms with Crippen molar-refractivity contribution in [2.75, 3.05) is 13.2 Å². The van der Waals surface area contributed by atoms with Crippen molar-refractivity contribution in [3.63, 3.8) is 0 Å². The molecule has 0 aliphatic rings. The van der Waals surface area contributed by atoms with Crippen LogP contribution in [0.5, 0.6) is 5.75 Å². The smallest absolute Gasteiger partial charge is 0.119 e. The Labute approximate surface area is 101 Å². The fourth-order valence-electron chi connectivity index (χ4n) is 1.69. The number of ether oxygens (including phenoxy) is 1. The van der Waals surface area contributed by atoms with E-state index >= 15 is 0 Å². The van der Waals surface area contributed by atoms with Crippen LogP contribution in [-0.4, -0.2) is 13.2 Å². The Morgan fingerprint density at radius 2 is 2.06 bits per heavy atom. The van der Waals surface area contributed by atoms with Crippen LogP contribution < -0.4 is 10.1 Å². The van der Waals surface area contributed by atoms with Crippen LogP contribution in [0.4, 0.5) is 0 Å². The summed E-state index contributed by atoms with van der Waals surface area (Å²) < 4.78 is 10.8. The molecule has 0 aliphatic heterocycles. The second-order valence-corrected chi connectivity index (χ2v) is 3.79. The molecule has 0 fully saturated rings. The van der Waals surface area contributed by atoms with Crippen LogP contribution in [0.25, 0.3) is 0 Å². The molecule has 1 heterocycles. The maximum absolute atomic E-state index is 5.74. The van der Waals surface area contributed by atoms with Gasteiger partial charge in [0.15, 0.2) is 0 Å². The highest BCUT2D eigenvalue weighted by Gasteiger charge is 2.12. The van der Waals surface area contributed by atoms with E-state index in [0.717, 1.165) is 17.9 Å². The van der Waals surface area contributed by atoms with E-state index in [0.29, 0.717) is 6.61 Å². The summed E-state index contributed by atoms with van der Waals surface area (Å²) in [4.78, 5) is 0. The van der Waals surface area contributed by atoms with Gasteiger partial charge >= 0.3 is 0 Å². The zero-order valence-corrected chi connectivity index (χ0v) is 9.93. The second kappa shape index (κ2) is 6.11. The van der Waals surface area contributed by atoms with Gasteiger partial charge in [-0.3, -0.25) is 0 Å². The van der Waals surface area contributed by atoms with Crippen LogP contribution >= 0.6 is 0 Å². The molecule has 0 saturated heterocycles. The van der Waals surface area contributed by atoms with Crippen molar-refractivity contribution in [1.29, 1.82) is 0 Å². The summed E-state index contributed by atoms with van der Waals surface area (Å²) in [5.74, 6) is 0.888. The first-order valence-corrected chi connectivity index (χ1v) is 5.83. The summed E-state index contributed by atoms with van der Waals surface area (Å²) in [5, 5.41) is 3.37. The highest BCUT2D eigenvalue weighted by atomic mass is 16.5. The Hall–Kier alpha value is -1.74. The van der Waals surface area contributed by atoms with Crippen molar-refractivity contribution in [1.82, 2.24) is 5.32 Å². The minimum absolute atomic E-state index is 0.166. The quantitative estimate of drug-likeness (QED) is 0.829. The van der Waals surface area contributed by atoms with E-state index in [-0.39, 0.29) is 6.04 Å². The summed E-state index contributed by atoms with van der Waals surface area (Å²) in [6.07, 6.45) is 3.43. The molecular formula is C14H17NO2. The van der Waals surface area contributed by atoms with E-state index in [9.17, 15) is 0 Å². The maximum Gasteiger partial charge on any atom is 0.119 e. The van der Waals surface area contributed by atoms with Gasteiger partial charge in [0.05, 0.1) is 18.6 Å². The normalized spacial score (nSPS) is 12.3. The minimum atomic E-state index is 0.166. The third-order valence-corrected chi connectivity index (χ3v) is 2.56. The average Bonchev–Trinajstić information content (AvgIpc) is 2.89. The third kappa shape index (κ3) is 3.36. The van der Waals surface area contributed by atoms with Gasteiger partial charge < -0.3 is 14.5 Å². The van der Waals surface area contributed by atoms with Crippen molar-refractivity contribution < 1.29 is 9.15 Å². The summed E-state index contributed by atoms with van der Waals surface area (Å²) >= 11 is 0. The third-order valence-electron chi connectivity index (χ3n) is 2.56. The van der Waals surface area contributed by atoms with Gasteiger partial charge in [-0.15, -0.1) is 0 Å². The largest absolute Gasteiger partial charge is 0.492 e. The fraction of sp³-hybridized carbons (Fsp3) is 0.286. The van der Waals surface area contributed by atoms with Gasteiger partial charge in [0, 0.05) is 5.56 Å². The van der Waals surface area contributed by atoms with Crippen LogP contribution in [0.3, 0.4) is 0 Å². The van der Waals surface area contributed by atoms with Crippen LogP contribution in [-0.2, 0) is 0 Å². The van der Waals surface area contributed by atoms with E-state index in [4.69, 9.17) is 9.15 Å². The lowest BCUT2D eigenvalue weighted by molar-refractivity contribution is 0.267. The van der Waals surface area contributed by atoms with Crippen molar-refractivity contribution in [3.05, 3.63) is 54.5 Å². The van der Waals surface area contributed by atoms with Gasteiger partial charge in [-0.2, -0.15) is 0 Å². The lowest BCUT2D eigenvalue weighted by Crippen LogP contribution is -2.26. The molecule has 2 aromatic rings. The van der Waals surface area contributed by atoms with E-state index < -0.39 is 0 Å². The molecule has 0 aliphatic carbocycles. The minimum Gasteiger partial charge on any atom is -0.492 e. The van der Waals surface area contributed by atoms with Gasteiger partial charge in [-0.25, -0.2) is 0 Å². The SMILES string of the molecule is CCNC(COc1ccccc1)c1ccoc1. The molecule has 17 heavy (non-hydrogen) atoms. The summed E-state index contributed by atoms with van der Waals surface area (Å²) in [6, 6.07) is 12.0. The first-order chi connectivity index (χ1) is 8.40. The predicted octanol–water partition coefficient (Wildman–Crippen LogP) is 3.01. The number of para-hydroxylation sites is 1. The number of hydrogen-bond donors (Lipinski definition) is 1. The highest BCUT2D eigenvalue weighted by molar-refractivity contribution is 5.21. The lowest BCUT2D eigenvalue weighted by Gasteiger charge is -2.17. The molecule has 0 bridgehead atoms. The van der Waals surface area contributed by atoms with Crippen molar-refractivity contribution in [3.8, 4) is 5.75 Å². The molecule has 1 N–H and O–H groups in total. The molecular weight excluding hydrogens is 214 g/mol. The maximum atomic E-state index is 5.74. The number of benzene rings is 1. The molecule has 0 amide bonds. The lowest BCUT2D eigenvalue weighted by atomic mass is 10.1. The van der Waals surface area contributed by atoms with Crippen molar-refractivity contribution >= 4 is 0 Å². The van der Waals surface area contributed by atoms with Crippen LogP contribution in [0.2, 0.25) is 0 Å². The first kappa shape index (κ1) is 11.7. The molecule has 3 heteroatoms. The average molecular weight is 231 g/mol. The fourth-order valence-corrected chi connectivity index (χ4v) is 1.69. The Morgan fingerprint density at radius 3 is 2.71 bits per heavy atom. The molecule has 0 radical (unpaired) electrons. The standard InChI is InChI=1S/C14H17NO2/c1-2-15-14(12-8-9-16-10-12)11-17-13-6-4-3-5-7-13/h3-10,14-15H,2,11H2,1H3. The van der Waals surface area contributed by atoms with Crippen LogP contribution in [0.1, 0.15) is 18.5 Å². The molecule has 1 unspecified atom stereocenters. The van der Waals surface area contributed by atoms with E-state index in [1.807, 2.05) is 36.4 Å². The van der Waals surface area contributed by atoms with Gasteiger partial charge in [0.25, 0.3) is 0 Å². The van der Waals surface area contributed by atoms with Crippen molar-refractivity contribution in [2.24, 2.45) is 0 Å². The number of hydrogen-bond acceptors (Lipinski definition) is 3. The van der Waals surface area contributed by atoms with Gasteiger partial charge in [-0.05, 0) is 24.7 Å². The number of nitrogens with one attached hydrogen (secondary N) is 1. The van der Waals surface area contributed by atoms with Crippen LogP contribution in [0.15, 0.2) is 53.3 Å². The monoisotopic (exact) mass is 231 g/mol. The number of furan rings is 1. The summed E-state index contributed by atoms with van der Waals surface area (Å²) in [5.41, 5.74) is 1.11. The molecule has 1 aromatic heterocycles. The number of rotatable bonds is 6. The Bertz CT molecular complexity index is 411. The van der Waals surface area contributed by atoms with E-state index in [1.165, 1.54) is 0 Å².